The Bertz CT molecular complexity index is 561. The van der Waals surface area contributed by atoms with E-state index in [2.05, 4.69) is 5.32 Å². The summed E-state index contributed by atoms with van der Waals surface area (Å²) in [5.74, 6) is -0.742. The maximum absolute atomic E-state index is 13.3. The molecule has 0 heterocycles. The molecule has 2 amide bonds. The summed E-state index contributed by atoms with van der Waals surface area (Å²) in [5.41, 5.74) is -1.84. The van der Waals surface area contributed by atoms with Crippen molar-refractivity contribution in [3.05, 3.63) is 0 Å². The van der Waals surface area contributed by atoms with E-state index >= 15 is 0 Å². The van der Waals surface area contributed by atoms with Crippen molar-refractivity contribution >= 4 is 17.8 Å². The maximum atomic E-state index is 13.3. The standard InChI is InChI=1S/C21H36N2O4/c1-5-12-20(2,19(26)27)21(13-6-7-14-21)18(25)22-16-10-8-15(9-11-16)17(24)23(3)4/h15-16H,5-14H2,1-4H3,(H,22,25)(H,26,27). The number of nitrogens with one attached hydrogen (secondary N) is 1. The monoisotopic (exact) mass is 380 g/mol. The van der Waals surface area contributed by atoms with Crippen molar-refractivity contribution < 1.29 is 19.5 Å². The van der Waals surface area contributed by atoms with Gasteiger partial charge in [0.25, 0.3) is 0 Å². The van der Waals surface area contributed by atoms with Crippen molar-refractivity contribution in [3.63, 3.8) is 0 Å². The van der Waals surface area contributed by atoms with Crippen molar-refractivity contribution in [3.8, 4) is 0 Å². The van der Waals surface area contributed by atoms with Crippen molar-refractivity contribution in [1.82, 2.24) is 10.2 Å². The van der Waals surface area contributed by atoms with Crippen LogP contribution in [0.15, 0.2) is 0 Å². The molecule has 2 saturated carbocycles. The molecule has 27 heavy (non-hydrogen) atoms. The fourth-order valence-corrected chi connectivity index (χ4v) is 5.23. The van der Waals surface area contributed by atoms with Gasteiger partial charge in [-0.05, 0) is 51.9 Å². The Kier molecular flexibility index (Phi) is 6.92. The van der Waals surface area contributed by atoms with Crippen molar-refractivity contribution in [2.75, 3.05) is 14.1 Å². The predicted octanol–water partition coefficient (Wildman–Crippen LogP) is 3.20. The summed E-state index contributed by atoms with van der Waals surface area (Å²) in [5, 5.41) is 13.2. The van der Waals surface area contributed by atoms with Gasteiger partial charge in [0.15, 0.2) is 0 Å². The second kappa shape index (κ2) is 8.61. The SMILES string of the molecule is CCCC(C)(C(=O)O)C1(C(=O)NC2CCC(C(=O)N(C)C)CC2)CCCC1. The smallest absolute Gasteiger partial charge is 0.310 e. The second-order valence-electron chi connectivity index (χ2n) is 8.93. The average molecular weight is 381 g/mol. The molecule has 0 bridgehead atoms. The van der Waals surface area contributed by atoms with Gasteiger partial charge >= 0.3 is 5.97 Å². The zero-order chi connectivity index (χ0) is 20.2. The van der Waals surface area contributed by atoms with Gasteiger partial charge in [0, 0.05) is 26.1 Å². The molecule has 0 aromatic carbocycles. The van der Waals surface area contributed by atoms with E-state index in [-0.39, 0.29) is 23.8 Å². The molecule has 154 valence electrons. The summed E-state index contributed by atoms with van der Waals surface area (Å²) in [6.07, 6.45) is 7.49. The molecule has 1 atom stereocenters. The Labute approximate surface area is 163 Å². The molecule has 0 spiro atoms. The van der Waals surface area contributed by atoms with Crippen LogP contribution in [0.1, 0.15) is 78.1 Å². The minimum Gasteiger partial charge on any atom is -0.481 e. The zero-order valence-electron chi connectivity index (χ0n) is 17.3. The number of amides is 2. The Balaban J connectivity index is 2.08. The number of carbonyl (C=O) groups excluding carboxylic acids is 2. The predicted molar refractivity (Wildman–Crippen MR) is 104 cm³/mol. The Hall–Kier alpha value is -1.59. The van der Waals surface area contributed by atoms with E-state index in [1.807, 2.05) is 6.92 Å². The Morgan fingerprint density at radius 2 is 1.67 bits per heavy atom. The molecule has 2 aliphatic rings. The van der Waals surface area contributed by atoms with E-state index in [4.69, 9.17) is 0 Å². The van der Waals surface area contributed by atoms with Crippen LogP contribution in [0.5, 0.6) is 0 Å². The van der Waals surface area contributed by atoms with Gasteiger partial charge in [0.05, 0.1) is 10.8 Å². The number of carbonyl (C=O) groups is 3. The minimum absolute atomic E-state index is 0.0398. The van der Waals surface area contributed by atoms with Crippen molar-refractivity contribution in [2.45, 2.75) is 84.1 Å². The van der Waals surface area contributed by atoms with Crippen molar-refractivity contribution in [2.24, 2.45) is 16.7 Å². The van der Waals surface area contributed by atoms with E-state index in [1.54, 1.807) is 25.9 Å². The highest BCUT2D eigenvalue weighted by atomic mass is 16.4. The van der Waals surface area contributed by atoms with E-state index < -0.39 is 16.8 Å². The van der Waals surface area contributed by atoms with Gasteiger partial charge in [-0.2, -0.15) is 0 Å². The van der Waals surface area contributed by atoms with Gasteiger partial charge in [-0.1, -0.05) is 26.2 Å². The molecule has 6 nitrogen and oxygen atoms in total. The van der Waals surface area contributed by atoms with Crippen LogP contribution >= 0.6 is 0 Å². The molecule has 2 aliphatic carbocycles. The summed E-state index contributed by atoms with van der Waals surface area (Å²) in [7, 11) is 3.56. The molecule has 0 aliphatic heterocycles. The van der Waals surface area contributed by atoms with Crippen molar-refractivity contribution in [1.29, 1.82) is 0 Å². The molecule has 0 aromatic heterocycles. The van der Waals surface area contributed by atoms with Crippen LogP contribution in [0, 0.1) is 16.7 Å². The van der Waals surface area contributed by atoms with Gasteiger partial charge in [0.1, 0.15) is 0 Å². The lowest BCUT2D eigenvalue weighted by Gasteiger charge is -2.43. The van der Waals surface area contributed by atoms with Crippen LogP contribution in [0.2, 0.25) is 0 Å². The van der Waals surface area contributed by atoms with E-state index in [1.165, 1.54) is 0 Å². The summed E-state index contributed by atoms with van der Waals surface area (Å²) < 4.78 is 0. The van der Waals surface area contributed by atoms with Crippen LogP contribution in [-0.4, -0.2) is 47.9 Å². The summed E-state index contributed by atoms with van der Waals surface area (Å²) in [6.45, 7) is 3.74. The highest BCUT2D eigenvalue weighted by molar-refractivity contribution is 5.91. The molecule has 1 unspecified atom stereocenters. The quantitative estimate of drug-likeness (QED) is 0.710. The molecule has 2 fully saturated rings. The first-order valence-electron chi connectivity index (χ1n) is 10.4. The molecule has 2 N–H and O–H groups in total. The third kappa shape index (κ3) is 4.14. The minimum atomic E-state index is -1.03. The van der Waals surface area contributed by atoms with Crippen LogP contribution < -0.4 is 5.32 Å². The molecule has 0 aromatic rings. The first kappa shape index (κ1) is 21.7. The normalized spacial score (nSPS) is 26.8. The number of nitrogens with zero attached hydrogens (tertiary/aromatic N) is 1. The summed E-state index contributed by atoms with van der Waals surface area (Å²) in [4.78, 5) is 39.3. The fraction of sp³-hybridized carbons (Fsp3) is 0.857. The topological polar surface area (TPSA) is 86.7 Å². The van der Waals surface area contributed by atoms with Gasteiger partial charge < -0.3 is 15.3 Å². The lowest BCUT2D eigenvalue weighted by Crippen LogP contribution is -2.55. The number of hydrogen-bond donors (Lipinski definition) is 2. The Morgan fingerprint density at radius 1 is 1.11 bits per heavy atom. The molecular formula is C21H36N2O4. The number of carboxylic acid groups (broad SMARTS) is 1. The van der Waals surface area contributed by atoms with Crippen LogP contribution in [0.3, 0.4) is 0 Å². The van der Waals surface area contributed by atoms with Gasteiger partial charge in [0.2, 0.25) is 11.8 Å². The number of carboxylic acids is 1. The van der Waals surface area contributed by atoms with Gasteiger partial charge in [-0.3, -0.25) is 14.4 Å². The average Bonchev–Trinajstić information content (AvgIpc) is 3.13. The summed E-state index contributed by atoms with van der Waals surface area (Å²) in [6, 6.07) is 0.0425. The number of rotatable bonds is 7. The molecule has 0 saturated heterocycles. The van der Waals surface area contributed by atoms with E-state index in [9.17, 15) is 19.5 Å². The summed E-state index contributed by atoms with van der Waals surface area (Å²) >= 11 is 0. The lowest BCUT2D eigenvalue weighted by atomic mass is 9.60. The molecular weight excluding hydrogens is 344 g/mol. The van der Waals surface area contributed by atoms with E-state index in [0.29, 0.717) is 19.3 Å². The molecule has 0 radical (unpaired) electrons. The third-order valence-corrected chi connectivity index (χ3v) is 7.02. The molecule has 2 rings (SSSR count). The third-order valence-electron chi connectivity index (χ3n) is 7.02. The van der Waals surface area contributed by atoms with Crippen LogP contribution in [-0.2, 0) is 14.4 Å². The van der Waals surface area contributed by atoms with E-state index in [0.717, 1.165) is 44.9 Å². The zero-order valence-corrected chi connectivity index (χ0v) is 17.3. The lowest BCUT2D eigenvalue weighted by molar-refractivity contribution is -0.165. The van der Waals surface area contributed by atoms with Crippen LogP contribution in [0.25, 0.3) is 0 Å². The second-order valence-corrected chi connectivity index (χ2v) is 8.93. The molecule has 6 heteroatoms. The first-order valence-corrected chi connectivity index (χ1v) is 10.4. The fourth-order valence-electron chi connectivity index (χ4n) is 5.23. The van der Waals surface area contributed by atoms with Gasteiger partial charge in [-0.15, -0.1) is 0 Å². The number of hydrogen-bond acceptors (Lipinski definition) is 3. The highest BCUT2D eigenvalue weighted by Gasteiger charge is 2.58. The highest BCUT2D eigenvalue weighted by Crippen LogP contribution is 2.54. The van der Waals surface area contributed by atoms with Crippen LogP contribution in [0.4, 0.5) is 0 Å². The maximum Gasteiger partial charge on any atom is 0.310 e. The first-order chi connectivity index (χ1) is 12.7. The largest absolute Gasteiger partial charge is 0.481 e. The number of aliphatic carboxylic acids is 1. The Morgan fingerprint density at radius 3 is 2.11 bits per heavy atom. The van der Waals surface area contributed by atoms with Gasteiger partial charge in [-0.25, -0.2) is 0 Å².